The van der Waals surface area contributed by atoms with Crippen LogP contribution in [0.15, 0.2) is 12.3 Å². The van der Waals surface area contributed by atoms with Crippen LogP contribution in [-0.2, 0) is 0 Å². The Morgan fingerprint density at radius 2 is 2.36 bits per heavy atom. The molecule has 0 amide bonds. The van der Waals surface area contributed by atoms with Crippen molar-refractivity contribution in [3.8, 4) is 5.75 Å². The SMILES string of the molecule is Nc1[nH]nc2ncc(O)cc12. The third kappa shape index (κ3) is 0.778. The topological polar surface area (TPSA) is 87.8 Å². The molecule has 0 saturated heterocycles. The molecule has 0 unspecified atom stereocenters. The van der Waals surface area contributed by atoms with Gasteiger partial charge in [-0.2, -0.15) is 5.10 Å². The normalized spacial score (nSPS) is 10.5. The van der Waals surface area contributed by atoms with Gasteiger partial charge in [-0.3, -0.25) is 5.10 Å². The number of H-pyrrole nitrogens is 1. The molecule has 0 aliphatic carbocycles. The van der Waals surface area contributed by atoms with Crippen LogP contribution in [0.3, 0.4) is 0 Å². The number of rotatable bonds is 0. The van der Waals surface area contributed by atoms with Crippen molar-refractivity contribution in [2.45, 2.75) is 0 Å². The molecule has 0 fully saturated rings. The monoisotopic (exact) mass is 150 g/mol. The van der Waals surface area contributed by atoms with Crippen LogP contribution in [-0.4, -0.2) is 20.3 Å². The molecule has 0 aliphatic heterocycles. The lowest BCUT2D eigenvalue weighted by atomic mass is 10.3. The summed E-state index contributed by atoms with van der Waals surface area (Å²) < 4.78 is 0. The molecule has 0 aliphatic rings. The van der Waals surface area contributed by atoms with Gasteiger partial charge < -0.3 is 10.8 Å². The Kier molecular flexibility index (Phi) is 1.00. The molecule has 0 radical (unpaired) electrons. The summed E-state index contributed by atoms with van der Waals surface area (Å²) in [7, 11) is 0. The van der Waals surface area contributed by atoms with Crippen LogP contribution in [0.25, 0.3) is 11.0 Å². The average Bonchev–Trinajstić information content (AvgIpc) is 2.33. The molecule has 2 aromatic heterocycles. The standard InChI is InChI=1S/C6H6N4O/c7-5-4-1-3(11)2-8-6(4)10-9-5/h1-2,11H,(H3,7,8,9,10). The number of aromatic hydroxyl groups is 1. The lowest BCUT2D eigenvalue weighted by Crippen LogP contribution is -1.83. The van der Waals surface area contributed by atoms with Crippen molar-refractivity contribution in [1.29, 1.82) is 0 Å². The Labute approximate surface area is 61.9 Å². The third-order valence-electron chi connectivity index (χ3n) is 1.42. The summed E-state index contributed by atoms with van der Waals surface area (Å²) in [5.41, 5.74) is 5.99. The summed E-state index contributed by atoms with van der Waals surface area (Å²) in [5, 5.41) is 16.0. The summed E-state index contributed by atoms with van der Waals surface area (Å²) in [6.45, 7) is 0. The summed E-state index contributed by atoms with van der Waals surface area (Å²) in [6, 6.07) is 1.52. The number of aromatic nitrogens is 3. The fourth-order valence-electron chi connectivity index (χ4n) is 0.907. The quantitative estimate of drug-likeness (QED) is 0.502. The number of fused-ring (bicyclic) bond motifs is 1. The number of aromatic amines is 1. The van der Waals surface area contributed by atoms with Gasteiger partial charge in [0.05, 0.1) is 11.6 Å². The van der Waals surface area contributed by atoms with E-state index in [4.69, 9.17) is 10.8 Å². The fourth-order valence-corrected chi connectivity index (χ4v) is 0.907. The molecule has 56 valence electrons. The lowest BCUT2D eigenvalue weighted by molar-refractivity contribution is 0.474. The van der Waals surface area contributed by atoms with Crippen LogP contribution in [0.1, 0.15) is 0 Å². The van der Waals surface area contributed by atoms with E-state index in [-0.39, 0.29) is 5.75 Å². The average molecular weight is 150 g/mol. The first-order valence-corrected chi connectivity index (χ1v) is 3.06. The highest BCUT2D eigenvalue weighted by Gasteiger charge is 2.02. The molecule has 4 N–H and O–H groups in total. The van der Waals surface area contributed by atoms with Gasteiger partial charge in [0.25, 0.3) is 0 Å². The first-order valence-electron chi connectivity index (χ1n) is 3.06. The van der Waals surface area contributed by atoms with E-state index in [0.29, 0.717) is 16.9 Å². The van der Waals surface area contributed by atoms with E-state index in [1.165, 1.54) is 12.3 Å². The number of nitrogens with two attached hydrogens (primary N) is 1. The Morgan fingerprint density at radius 3 is 3.18 bits per heavy atom. The van der Waals surface area contributed by atoms with E-state index in [1.54, 1.807) is 0 Å². The largest absolute Gasteiger partial charge is 0.506 e. The zero-order chi connectivity index (χ0) is 7.84. The van der Waals surface area contributed by atoms with Gasteiger partial charge in [-0.15, -0.1) is 0 Å². The van der Waals surface area contributed by atoms with Gasteiger partial charge >= 0.3 is 0 Å². The molecule has 0 bridgehead atoms. The molecule has 0 aromatic carbocycles. The second-order valence-corrected chi connectivity index (χ2v) is 2.20. The van der Waals surface area contributed by atoms with Crippen molar-refractivity contribution < 1.29 is 5.11 Å². The van der Waals surface area contributed by atoms with Crippen LogP contribution in [0.4, 0.5) is 5.82 Å². The summed E-state index contributed by atoms with van der Waals surface area (Å²) in [4.78, 5) is 3.83. The molecule has 2 rings (SSSR count). The minimum atomic E-state index is 0.0885. The number of anilines is 1. The van der Waals surface area contributed by atoms with Crippen LogP contribution >= 0.6 is 0 Å². The number of hydrogen-bond donors (Lipinski definition) is 3. The Balaban J connectivity index is 2.87. The van der Waals surface area contributed by atoms with Crippen molar-refractivity contribution >= 4 is 16.9 Å². The van der Waals surface area contributed by atoms with Gasteiger partial charge in [0.15, 0.2) is 5.65 Å². The molecule has 11 heavy (non-hydrogen) atoms. The van der Waals surface area contributed by atoms with E-state index < -0.39 is 0 Å². The molecular weight excluding hydrogens is 144 g/mol. The predicted octanol–water partition coefficient (Wildman–Crippen LogP) is 0.246. The number of nitrogens with zero attached hydrogens (tertiary/aromatic N) is 2. The van der Waals surface area contributed by atoms with Crippen molar-refractivity contribution in [1.82, 2.24) is 15.2 Å². The zero-order valence-corrected chi connectivity index (χ0v) is 5.57. The van der Waals surface area contributed by atoms with E-state index in [2.05, 4.69) is 15.2 Å². The minimum Gasteiger partial charge on any atom is -0.506 e. The van der Waals surface area contributed by atoms with Crippen molar-refractivity contribution in [2.24, 2.45) is 0 Å². The highest BCUT2D eigenvalue weighted by Crippen LogP contribution is 2.19. The molecular formula is C6H6N4O. The van der Waals surface area contributed by atoms with E-state index >= 15 is 0 Å². The Morgan fingerprint density at radius 1 is 1.55 bits per heavy atom. The third-order valence-corrected chi connectivity index (χ3v) is 1.42. The molecule has 0 atom stereocenters. The molecule has 2 aromatic rings. The summed E-state index contributed by atoms with van der Waals surface area (Å²) in [6.07, 6.45) is 1.32. The maximum absolute atomic E-state index is 9.01. The lowest BCUT2D eigenvalue weighted by Gasteiger charge is -1.89. The molecule has 0 spiro atoms. The van der Waals surface area contributed by atoms with Gasteiger partial charge in [0.2, 0.25) is 0 Å². The van der Waals surface area contributed by atoms with Gasteiger partial charge in [-0.1, -0.05) is 0 Å². The van der Waals surface area contributed by atoms with Crippen molar-refractivity contribution in [3.63, 3.8) is 0 Å². The van der Waals surface area contributed by atoms with Gasteiger partial charge in [-0.05, 0) is 6.07 Å². The van der Waals surface area contributed by atoms with Crippen molar-refractivity contribution in [3.05, 3.63) is 12.3 Å². The molecule has 0 saturated carbocycles. The van der Waals surface area contributed by atoms with Crippen LogP contribution in [0.2, 0.25) is 0 Å². The smallest absolute Gasteiger partial charge is 0.183 e. The number of nitrogen functional groups attached to an aromatic ring is 1. The minimum absolute atomic E-state index is 0.0885. The van der Waals surface area contributed by atoms with Crippen LogP contribution < -0.4 is 5.73 Å². The van der Waals surface area contributed by atoms with E-state index in [1.807, 2.05) is 0 Å². The van der Waals surface area contributed by atoms with Crippen LogP contribution in [0, 0.1) is 0 Å². The number of nitrogens with one attached hydrogen (secondary N) is 1. The predicted molar refractivity (Wildman–Crippen MR) is 40.0 cm³/mol. The van der Waals surface area contributed by atoms with Crippen LogP contribution in [0.5, 0.6) is 5.75 Å². The number of pyridine rings is 1. The first-order chi connectivity index (χ1) is 5.27. The Bertz CT molecular complexity index is 394. The van der Waals surface area contributed by atoms with E-state index in [0.717, 1.165) is 0 Å². The summed E-state index contributed by atoms with van der Waals surface area (Å²) in [5.74, 6) is 0.508. The fraction of sp³-hybridized carbons (Fsp3) is 0. The second-order valence-electron chi connectivity index (χ2n) is 2.20. The maximum Gasteiger partial charge on any atom is 0.183 e. The highest BCUT2D eigenvalue weighted by molar-refractivity contribution is 5.86. The molecule has 2 heterocycles. The summed E-state index contributed by atoms with van der Waals surface area (Å²) >= 11 is 0. The van der Waals surface area contributed by atoms with Gasteiger partial charge in [-0.25, -0.2) is 4.98 Å². The highest BCUT2D eigenvalue weighted by atomic mass is 16.3. The van der Waals surface area contributed by atoms with E-state index in [9.17, 15) is 0 Å². The van der Waals surface area contributed by atoms with Gasteiger partial charge in [0, 0.05) is 0 Å². The van der Waals surface area contributed by atoms with Crippen molar-refractivity contribution in [2.75, 3.05) is 5.73 Å². The second kappa shape index (κ2) is 1.85. The molecule has 5 nitrogen and oxygen atoms in total. The first kappa shape index (κ1) is 5.96. The molecule has 5 heteroatoms. The van der Waals surface area contributed by atoms with Gasteiger partial charge in [0.1, 0.15) is 11.6 Å². The Hall–Kier alpha value is -1.78. The maximum atomic E-state index is 9.01. The number of hydrogen-bond acceptors (Lipinski definition) is 4. The zero-order valence-electron chi connectivity index (χ0n) is 5.57.